The van der Waals surface area contributed by atoms with E-state index >= 15 is 0 Å². The molecule has 0 aliphatic carbocycles. The molecule has 78 valence electrons. The Balaban J connectivity index is 2.28. The Bertz CT molecular complexity index is 145. The standard InChI is InChI=1S/C11H22FN/c1-11(2)5-3-8-13(10-6-11)9-4-7-12/h3-10H2,1-2H3. The Morgan fingerprint density at radius 1 is 1.23 bits per heavy atom. The van der Waals surface area contributed by atoms with Gasteiger partial charge in [0, 0.05) is 6.54 Å². The van der Waals surface area contributed by atoms with Crippen LogP contribution in [0.15, 0.2) is 0 Å². The maximum Gasteiger partial charge on any atom is 0.0906 e. The summed E-state index contributed by atoms with van der Waals surface area (Å²) in [6.07, 6.45) is 4.57. The fraction of sp³-hybridized carbons (Fsp3) is 1.00. The van der Waals surface area contributed by atoms with Gasteiger partial charge in [0.05, 0.1) is 6.67 Å². The van der Waals surface area contributed by atoms with E-state index in [0.717, 1.165) is 13.1 Å². The molecular formula is C11H22FN. The van der Waals surface area contributed by atoms with Crippen LogP contribution >= 0.6 is 0 Å². The van der Waals surface area contributed by atoms with Crippen molar-refractivity contribution in [3.63, 3.8) is 0 Å². The zero-order chi connectivity index (χ0) is 9.73. The van der Waals surface area contributed by atoms with Crippen LogP contribution in [0.4, 0.5) is 4.39 Å². The number of likely N-dealkylation sites (tertiary alicyclic amines) is 1. The molecule has 0 N–H and O–H groups in total. The summed E-state index contributed by atoms with van der Waals surface area (Å²) < 4.78 is 12.0. The Kier molecular flexibility index (Phi) is 4.17. The predicted molar refractivity (Wildman–Crippen MR) is 54.7 cm³/mol. The molecule has 13 heavy (non-hydrogen) atoms. The van der Waals surface area contributed by atoms with Crippen molar-refractivity contribution in [3.8, 4) is 0 Å². The molecule has 0 atom stereocenters. The predicted octanol–water partition coefficient (Wildman–Crippen LogP) is 2.86. The van der Waals surface area contributed by atoms with Crippen molar-refractivity contribution in [2.75, 3.05) is 26.3 Å². The number of alkyl halides is 1. The van der Waals surface area contributed by atoms with Crippen LogP contribution in [0.1, 0.15) is 39.5 Å². The zero-order valence-corrected chi connectivity index (χ0v) is 8.98. The van der Waals surface area contributed by atoms with Crippen molar-refractivity contribution in [1.82, 2.24) is 4.90 Å². The fourth-order valence-corrected chi connectivity index (χ4v) is 1.99. The lowest BCUT2D eigenvalue weighted by Crippen LogP contribution is -2.26. The fourth-order valence-electron chi connectivity index (χ4n) is 1.99. The highest BCUT2D eigenvalue weighted by Gasteiger charge is 2.22. The van der Waals surface area contributed by atoms with Crippen LogP contribution in [0, 0.1) is 5.41 Å². The van der Waals surface area contributed by atoms with Crippen LogP contribution in [-0.2, 0) is 0 Å². The van der Waals surface area contributed by atoms with E-state index in [9.17, 15) is 4.39 Å². The van der Waals surface area contributed by atoms with Crippen LogP contribution in [-0.4, -0.2) is 31.2 Å². The van der Waals surface area contributed by atoms with Gasteiger partial charge in [-0.1, -0.05) is 13.8 Å². The van der Waals surface area contributed by atoms with Crippen LogP contribution in [0.3, 0.4) is 0 Å². The summed E-state index contributed by atoms with van der Waals surface area (Å²) in [5, 5.41) is 0. The molecule has 0 amide bonds. The van der Waals surface area contributed by atoms with Crippen molar-refractivity contribution >= 4 is 0 Å². The van der Waals surface area contributed by atoms with E-state index in [1.807, 2.05) is 0 Å². The summed E-state index contributed by atoms with van der Waals surface area (Å²) in [7, 11) is 0. The average molecular weight is 187 g/mol. The van der Waals surface area contributed by atoms with E-state index in [1.165, 1.54) is 25.8 Å². The van der Waals surface area contributed by atoms with E-state index in [2.05, 4.69) is 18.7 Å². The van der Waals surface area contributed by atoms with Gasteiger partial charge in [-0.05, 0) is 44.2 Å². The van der Waals surface area contributed by atoms with Gasteiger partial charge in [0.15, 0.2) is 0 Å². The molecular weight excluding hydrogens is 165 g/mol. The average Bonchev–Trinajstić information content (AvgIpc) is 2.23. The molecule has 1 fully saturated rings. The second kappa shape index (κ2) is 4.94. The molecule has 1 heterocycles. The molecule has 0 aromatic rings. The largest absolute Gasteiger partial charge is 0.303 e. The van der Waals surface area contributed by atoms with Gasteiger partial charge in [-0.3, -0.25) is 4.39 Å². The third-order valence-corrected chi connectivity index (χ3v) is 3.04. The van der Waals surface area contributed by atoms with E-state index < -0.39 is 0 Å². The van der Waals surface area contributed by atoms with Gasteiger partial charge in [-0.25, -0.2) is 0 Å². The normalized spacial score (nSPS) is 24.2. The van der Waals surface area contributed by atoms with Crippen molar-refractivity contribution in [1.29, 1.82) is 0 Å². The van der Waals surface area contributed by atoms with Gasteiger partial charge >= 0.3 is 0 Å². The first-order valence-electron chi connectivity index (χ1n) is 5.42. The second-order valence-electron chi connectivity index (χ2n) is 4.90. The summed E-state index contributed by atoms with van der Waals surface area (Å²) in [6.45, 7) is 7.79. The molecule has 1 aliphatic heterocycles. The summed E-state index contributed by atoms with van der Waals surface area (Å²) >= 11 is 0. The molecule has 1 nitrogen and oxygen atoms in total. The number of hydrogen-bond acceptors (Lipinski definition) is 1. The lowest BCUT2D eigenvalue weighted by atomic mass is 9.85. The summed E-state index contributed by atoms with van der Waals surface area (Å²) in [5.41, 5.74) is 0.504. The van der Waals surface area contributed by atoms with Gasteiger partial charge in [-0.2, -0.15) is 0 Å². The molecule has 0 unspecified atom stereocenters. The highest BCUT2D eigenvalue weighted by molar-refractivity contribution is 4.75. The Morgan fingerprint density at radius 3 is 2.69 bits per heavy atom. The molecule has 1 rings (SSSR count). The highest BCUT2D eigenvalue weighted by atomic mass is 19.1. The Hall–Kier alpha value is -0.110. The lowest BCUT2D eigenvalue weighted by molar-refractivity contribution is 0.251. The van der Waals surface area contributed by atoms with Gasteiger partial charge < -0.3 is 4.90 Å². The first kappa shape index (κ1) is 11.0. The lowest BCUT2D eigenvalue weighted by Gasteiger charge is -2.22. The van der Waals surface area contributed by atoms with Crippen LogP contribution < -0.4 is 0 Å². The van der Waals surface area contributed by atoms with Gasteiger partial charge in [-0.15, -0.1) is 0 Å². The number of nitrogens with zero attached hydrogens (tertiary/aromatic N) is 1. The van der Waals surface area contributed by atoms with E-state index in [0.29, 0.717) is 11.8 Å². The summed E-state index contributed by atoms with van der Waals surface area (Å²) in [5.74, 6) is 0. The molecule has 0 spiro atoms. The first-order valence-corrected chi connectivity index (χ1v) is 5.42. The first-order chi connectivity index (χ1) is 6.14. The minimum atomic E-state index is -0.167. The van der Waals surface area contributed by atoms with Crippen molar-refractivity contribution < 1.29 is 4.39 Å². The molecule has 0 aromatic heterocycles. The quantitative estimate of drug-likeness (QED) is 0.656. The third kappa shape index (κ3) is 4.08. The smallest absolute Gasteiger partial charge is 0.0906 e. The van der Waals surface area contributed by atoms with E-state index in [-0.39, 0.29) is 6.67 Å². The molecule has 0 saturated carbocycles. The zero-order valence-electron chi connectivity index (χ0n) is 8.98. The maximum absolute atomic E-state index is 12.0. The molecule has 1 aliphatic rings. The van der Waals surface area contributed by atoms with Gasteiger partial charge in [0.25, 0.3) is 0 Å². The molecule has 0 aromatic carbocycles. The molecule has 2 heteroatoms. The third-order valence-electron chi connectivity index (χ3n) is 3.04. The monoisotopic (exact) mass is 187 g/mol. The van der Waals surface area contributed by atoms with Crippen LogP contribution in [0.25, 0.3) is 0 Å². The molecule has 0 radical (unpaired) electrons. The number of halogens is 1. The Morgan fingerprint density at radius 2 is 2.00 bits per heavy atom. The minimum Gasteiger partial charge on any atom is -0.303 e. The maximum atomic E-state index is 12.0. The van der Waals surface area contributed by atoms with Crippen LogP contribution in [0.2, 0.25) is 0 Å². The minimum absolute atomic E-state index is 0.167. The number of rotatable bonds is 3. The van der Waals surface area contributed by atoms with Crippen molar-refractivity contribution in [2.24, 2.45) is 5.41 Å². The number of hydrogen-bond donors (Lipinski definition) is 0. The summed E-state index contributed by atoms with van der Waals surface area (Å²) in [6, 6.07) is 0. The van der Waals surface area contributed by atoms with Crippen molar-refractivity contribution in [3.05, 3.63) is 0 Å². The van der Waals surface area contributed by atoms with Gasteiger partial charge in [0.1, 0.15) is 0 Å². The summed E-state index contributed by atoms with van der Waals surface area (Å²) in [4.78, 5) is 2.41. The topological polar surface area (TPSA) is 3.24 Å². The van der Waals surface area contributed by atoms with E-state index in [4.69, 9.17) is 0 Å². The molecule has 1 saturated heterocycles. The highest BCUT2D eigenvalue weighted by Crippen LogP contribution is 2.29. The second-order valence-corrected chi connectivity index (χ2v) is 4.90. The van der Waals surface area contributed by atoms with Crippen molar-refractivity contribution in [2.45, 2.75) is 39.5 Å². The molecule has 0 bridgehead atoms. The SMILES string of the molecule is CC1(C)CCCN(CCCF)CC1. The van der Waals surface area contributed by atoms with E-state index in [1.54, 1.807) is 0 Å². The van der Waals surface area contributed by atoms with Gasteiger partial charge in [0.2, 0.25) is 0 Å². The van der Waals surface area contributed by atoms with Crippen LogP contribution in [0.5, 0.6) is 0 Å². The Labute approximate surface area is 81.3 Å².